The molecule has 0 bridgehead atoms. The average molecular weight is 421 g/mol. The molecule has 2 N–H and O–H groups in total. The first-order chi connectivity index (χ1) is 13.9. The van der Waals surface area contributed by atoms with E-state index in [9.17, 15) is 18.4 Å². The summed E-state index contributed by atoms with van der Waals surface area (Å²) in [4.78, 5) is 28.5. The minimum absolute atomic E-state index is 0.0182. The number of amides is 2. The van der Waals surface area contributed by atoms with Crippen LogP contribution in [0.2, 0.25) is 0 Å². The quantitative estimate of drug-likeness (QED) is 0.578. The molecule has 0 unspecified atom stereocenters. The summed E-state index contributed by atoms with van der Waals surface area (Å²) in [5.41, 5.74) is 1.54. The number of anilines is 1. The van der Waals surface area contributed by atoms with Gasteiger partial charge in [-0.1, -0.05) is 12.1 Å². The zero-order valence-corrected chi connectivity index (χ0v) is 16.1. The smallest absolute Gasteiger partial charge is 0.387 e. The molecule has 3 rings (SSSR count). The molecule has 2 amide bonds. The third kappa shape index (κ3) is 5.85. The SMILES string of the molecule is Cc1occc1C(=O)Nc1nc(CC(=O)NCc2cccc(OC(F)F)c2)cs1. The topological polar surface area (TPSA) is 93.5 Å². The van der Waals surface area contributed by atoms with E-state index >= 15 is 0 Å². The highest BCUT2D eigenvalue weighted by molar-refractivity contribution is 7.14. The summed E-state index contributed by atoms with van der Waals surface area (Å²) in [6.45, 7) is -1.06. The molecule has 0 radical (unpaired) electrons. The zero-order valence-electron chi connectivity index (χ0n) is 15.3. The molecule has 2 aromatic heterocycles. The first-order valence-electron chi connectivity index (χ1n) is 8.51. The lowest BCUT2D eigenvalue weighted by molar-refractivity contribution is -0.120. The van der Waals surface area contributed by atoms with Crippen LogP contribution in [0.4, 0.5) is 13.9 Å². The van der Waals surface area contributed by atoms with Crippen LogP contribution >= 0.6 is 11.3 Å². The maximum atomic E-state index is 12.3. The van der Waals surface area contributed by atoms with E-state index in [1.807, 2.05) is 0 Å². The molecule has 0 fully saturated rings. The van der Waals surface area contributed by atoms with Gasteiger partial charge < -0.3 is 14.5 Å². The van der Waals surface area contributed by atoms with Crippen molar-refractivity contribution in [3.8, 4) is 5.75 Å². The fourth-order valence-electron chi connectivity index (χ4n) is 2.49. The van der Waals surface area contributed by atoms with Gasteiger partial charge in [-0.05, 0) is 30.7 Å². The van der Waals surface area contributed by atoms with Gasteiger partial charge in [0, 0.05) is 11.9 Å². The summed E-state index contributed by atoms with van der Waals surface area (Å²) in [5.74, 6) is -0.104. The molecule has 152 valence electrons. The Hall–Kier alpha value is -3.27. The third-order valence-electron chi connectivity index (χ3n) is 3.83. The number of hydrogen-bond acceptors (Lipinski definition) is 6. The van der Waals surface area contributed by atoms with Crippen molar-refractivity contribution in [1.82, 2.24) is 10.3 Å². The van der Waals surface area contributed by atoms with E-state index < -0.39 is 6.61 Å². The number of aromatic nitrogens is 1. The van der Waals surface area contributed by atoms with Crippen LogP contribution in [0, 0.1) is 6.92 Å². The Bertz CT molecular complexity index is 1000. The molecule has 10 heteroatoms. The van der Waals surface area contributed by atoms with Gasteiger partial charge in [-0.3, -0.25) is 14.9 Å². The Morgan fingerprint density at radius 2 is 2.14 bits per heavy atom. The highest BCUT2D eigenvalue weighted by Crippen LogP contribution is 2.19. The van der Waals surface area contributed by atoms with Crippen molar-refractivity contribution in [2.24, 2.45) is 0 Å². The number of aryl methyl sites for hydroxylation is 1. The van der Waals surface area contributed by atoms with E-state index in [-0.39, 0.29) is 30.5 Å². The van der Waals surface area contributed by atoms with E-state index in [2.05, 4.69) is 20.4 Å². The molecule has 7 nitrogen and oxygen atoms in total. The molecule has 2 heterocycles. The number of thiazole rings is 1. The summed E-state index contributed by atoms with van der Waals surface area (Å²) >= 11 is 1.20. The van der Waals surface area contributed by atoms with Crippen molar-refractivity contribution in [3.05, 3.63) is 64.6 Å². The van der Waals surface area contributed by atoms with Crippen LogP contribution in [0.3, 0.4) is 0 Å². The van der Waals surface area contributed by atoms with Crippen molar-refractivity contribution in [3.63, 3.8) is 0 Å². The predicted molar refractivity (Wildman–Crippen MR) is 102 cm³/mol. The Balaban J connectivity index is 1.50. The van der Waals surface area contributed by atoms with Gasteiger partial charge in [0.15, 0.2) is 5.13 Å². The Morgan fingerprint density at radius 3 is 2.86 bits per heavy atom. The number of alkyl halides is 2. The second-order valence-corrected chi connectivity index (χ2v) is 6.83. The Morgan fingerprint density at radius 1 is 1.31 bits per heavy atom. The van der Waals surface area contributed by atoms with Gasteiger partial charge in [-0.2, -0.15) is 8.78 Å². The van der Waals surface area contributed by atoms with Crippen LogP contribution in [0.15, 0.2) is 46.4 Å². The summed E-state index contributed by atoms with van der Waals surface area (Å²) in [5, 5.41) is 7.40. The minimum Gasteiger partial charge on any atom is -0.469 e. The number of carbonyl (C=O) groups is 2. The van der Waals surface area contributed by atoms with Crippen LogP contribution < -0.4 is 15.4 Å². The van der Waals surface area contributed by atoms with Gasteiger partial charge in [0.05, 0.1) is 23.9 Å². The summed E-state index contributed by atoms with van der Waals surface area (Å²) in [7, 11) is 0. The molecule has 0 aliphatic rings. The Kier molecular flexibility index (Phi) is 6.55. The lowest BCUT2D eigenvalue weighted by Gasteiger charge is -2.08. The molecule has 3 aromatic rings. The minimum atomic E-state index is -2.91. The van der Waals surface area contributed by atoms with Gasteiger partial charge in [-0.15, -0.1) is 11.3 Å². The van der Waals surface area contributed by atoms with Crippen molar-refractivity contribution in [2.45, 2.75) is 26.5 Å². The highest BCUT2D eigenvalue weighted by Gasteiger charge is 2.14. The van der Waals surface area contributed by atoms with Crippen molar-refractivity contribution >= 4 is 28.3 Å². The number of furan rings is 1. The van der Waals surface area contributed by atoms with Gasteiger partial charge in [-0.25, -0.2) is 4.98 Å². The Labute approximate surface area is 168 Å². The number of nitrogens with zero attached hydrogens (tertiary/aromatic N) is 1. The van der Waals surface area contributed by atoms with E-state index in [0.29, 0.717) is 27.7 Å². The maximum absolute atomic E-state index is 12.3. The normalized spacial score (nSPS) is 10.8. The van der Waals surface area contributed by atoms with Crippen LogP contribution in [0.25, 0.3) is 0 Å². The number of nitrogens with one attached hydrogen (secondary N) is 2. The molecule has 0 aliphatic carbocycles. The molecule has 0 atom stereocenters. The van der Waals surface area contributed by atoms with E-state index in [1.54, 1.807) is 30.5 Å². The van der Waals surface area contributed by atoms with Gasteiger partial charge >= 0.3 is 6.61 Å². The second kappa shape index (κ2) is 9.28. The molecule has 0 saturated heterocycles. The largest absolute Gasteiger partial charge is 0.469 e. The number of carbonyl (C=O) groups excluding carboxylic acids is 2. The van der Waals surface area contributed by atoms with E-state index in [0.717, 1.165) is 0 Å². The second-order valence-electron chi connectivity index (χ2n) is 5.97. The fourth-order valence-corrected chi connectivity index (χ4v) is 3.20. The average Bonchev–Trinajstić information content (AvgIpc) is 3.28. The standard InChI is InChI=1S/C19H17F2N3O4S/c1-11-15(5-6-27-11)17(26)24-19-23-13(10-29-19)8-16(25)22-9-12-3-2-4-14(7-12)28-18(20)21/h2-7,10,18H,8-9H2,1H3,(H,22,25)(H,23,24,26). The lowest BCUT2D eigenvalue weighted by atomic mass is 10.2. The first kappa shape index (κ1) is 20.5. The molecule has 1 aromatic carbocycles. The summed E-state index contributed by atoms with van der Waals surface area (Å²) < 4.78 is 33.9. The molecule has 0 aliphatic heterocycles. The lowest BCUT2D eigenvalue weighted by Crippen LogP contribution is -2.24. The van der Waals surface area contributed by atoms with Crippen molar-refractivity contribution in [2.75, 3.05) is 5.32 Å². The summed E-state index contributed by atoms with van der Waals surface area (Å²) in [6.07, 6.45) is 1.45. The number of ether oxygens (including phenoxy) is 1. The van der Waals surface area contributed by atoms with Gasteiger partial charge in [0.2, 0.25) is 5.91 Å². The van der Waals surface area contributed by atoms with Gasteiger partial charge in [0.1, 0.15) is 11.5 Å². The van der Waals surface area contributed by atoms with Gasteiger partial charge in [0.25, 0.3) is 5.91 Å². The molecule has 0 spiro atoms. The number of hydrogen-bond donors (Lipinski definition) is 2. The monoisotopic (exact) mass is 421 g/mol. The van der Waals surface area contributed by atoms with Crippen LogP contribution in [0.1, 0.15) is 27.4 Å². The van der Waals surface area contributed by atoms with Crippen LogP contribution in [0.5, 0.6) is 5.75 Å². The van der Waals surface area contributed by atoms with Crippen LogP contribution in [-0.2, 0) is 17.8 Å². The number of rotatable bonds is 8. The molecular weight excluding hydrogens is 404 g/mol. The molecule has 0 saturated carbocycles. The summed E-state index contributed by atoms with van der Waals surface area (Å²) in [6, 6.07) is 7.66. The van der Waals surface area contributed by atoms with E-state index in [4.69, 9.17) is 4.42 Å². The zero-order chi connectivity index (χ0) is 20.8. The maximum Gasteiger partial charge on any atom is 0.387 e. The fraction of sp³-hybridized carbons (Fsp3) is 0.211. The van der Waals surface area contributed by atoms with E-state index in [1.165, 1.54) is 29.7 Å². The molecular formula is C19H17F2N3O4S. The predicted octanol–water partition coefficient (Wildman–Crippen LogP) is 3.76. The van der Waals surface area contributed by atoms with Crippen molar-refractivity contribution < 1.29 is 27.5 Å². The van der Waals surface area contributed by atoms with Crippen molar-refractivity contribution in [1.29, 1.82) is 0 Å². The number of benzene rings is 1. The first-order valence-corrected chi connectivity index (χ1v) is 9.39. The number of halogens is 2. The highest BCUT2D eigenvalue weighted by atomic mass is 32.1. The van der Waals surface area contributed by atoms with Crippen LogP contribution in [-0.4, -0.2) is 23.4 Å². The third-order valence-corrected chi connectivity index (χ3v) is 4.64. The molecule has 29 heavy (non-hydrogen) atoms.